The van der Waals surface area contributed by atoms with Gasteiger partial charge in [0.05, 0.1) is 32.5 Å². The van der Waals surface area contributed by atoms with Gasteiger partial charge in [0.1, 0.15) is 0 Å². The molecule has 2 bridgehead atoms. The average Bonchev–Trinajstić information content (AvgIpc) is 2.37. The van der Waals surface area contributed by atoms with Crippen molar-refractivity contribution in [2.24, 2.45) is 0 Å². The molecule has 3 rings (SSSR count). The molecule has 0 aromatic heterocycles. The molecule has 5 nitrogen and oxygen atoms in total. The van der Waals surface area contributed by atoms with Crippen LogP contribution in [0.3, 0.4) is 0 Å². The van der Waals surface area contributed by atoms with E-state index in [0.717, 1.165) is 0 Å². The number of rotatable bonds is 6. The SMILES string of the molecule is C=CCOCC1CN2CCO[Si](CCC(F)(F)F)(OCC2)O1. The molecule has 3 aliphatic heterocycles. The lowest BCUT2D eigenvalue weighted by molar-refractivity contribution is -0.135. The molecule has 3 heterocycles. The van der Waals surface area contributed by atoms with Crippen molar-refractivity contribution in [3.8, 4) is 0 Å². The van der Waals surface area contributed by atoms with Gasteiger partial charge >= 0.3 is 15.0 Å². The van der Waals surface area contributed by atoms with Crippen LogP contribution in [-0.4, -0.2) is 72.0 Å². The summed E-state index contributed by atoms with van der Waals surface area (Å²) < 4.78 is 60.3. The summed E-state index contributed by atoms with van der Waals surface area (Å²) in [6.45, 7) is 6.86. The molecule has 128 valence electrons. The molecular weight excluding hydrogens is 319 g/mol. The van der Waals surface area contributed by atoms with Gasteiger partial charge in [-0.15, -0.1) is 6.58 Å². The molecule has 1 unspecified atom stereocenters. The monoisotopic (exact) mass is 341 g/mol. The predicted octanol–water partition coefficient (Wildman–Crippen LogP) is 1.83. The van der Waals surface area contributed by atoms with Gasteiger partial charge in [-0.25, -0.2) is 0 Å². The molecule has 0 spiro atoms. The summed E-state index contributed by atoms with van der Waals surface area (Å²) >= 11 is 0. The number of hydrogen-bond acceptors (Lipinski definition) is 5. The molecule has 0 aliphatic carbocycles. The van der Waals surface area contributed by atoms with Crippen molar-refractivity contribution in [3.05, 3.63) is 12.7 Å². The molecule has 3 aliphatic rings. The molecule has 9 heteroatoms. The summed E-state index contributed by atoms with van der Waals surface area (Å²) in [7, 11) is -3.31. The molecule has 0 saturated carbocycles. The molecule has 0 aromatic rings. The highest BCUT2D eigenvalue weighted by Gasteiger charge is 2.48. The van der Waals surface area contributed by atoms with Gasteiger partial charge in [-0.3, -0.25) is 4.90 Å². The fourth-order valence-corrected chi connectivity index (χ4v) is 5.18. The van der Waals surface area contributed by atoms with Crippen LogP contribution in [0, 0.1) is 0 Å². The first kappa shape index (κ1) is 17.9. The van der Waals surface area contributed by atoms with Crippen LogP contribution in [0.1, 0.15) is 6.42 Å². The number of alkyl halides is 3. The summed E-state index contributed by atoms with van der Waals surface area (Å²) in [6.07, 6.45) is -3.93. The van der Waals surface area contributed by atoms with Gasteiger partial charge in [-0.05, 0) is 0 Å². The molecule has 22 heavy (non-hydrogen) atoms. The lowest BCUT2D eigenvalue weighted by Crippen LogP contribution is -2.59. The Morgan fingerprint density at radius 3 is 2.55 bits per heavy atom. The Hall–Kier alpha value is -0.453. The summed E-state index contributed by atoms with van der Waals surface area (Å²) in [5.41, 5.74) is 0. The molecular formula is C13H22F3NO4Si. The number of fused-ring (bicyclic) bond motifs is 6. The van der Waals surface area contributed by atoms with E-state index in [1.807, 2.05) is 0 Å². The summed E-state index contributed by atoms with van der Waals surface area (Å²) in [6, 6.07) is -0.242. The third-order valence-electron chi connectivity index (χ3n) is 3.52. The molecule has 0 aromatic carbocycles. The number of ether oxygens (including phenoxy) is 1. The molecule has 0 radical (unpaired) electrons. The first-order valence-corrected chi connectivity index (χ1v) is 9.29. The zero-order chi connectivity index (χ0) is 16.1. The van der Waals surface area contributed by atoms with Crippen LogP contribution in [-0.2, 0) is 18.0 Å². The fraction of sp³-hybridized carbons (Fsp3) is 0.846. The smallest absolute Gasteiger partial charge is 0.375 e. The van der Waals surface area contributed by atoms with E-state index in [-0.39, 0.29) is 18.8 Å². The quantitative estimate of drug-likeness (QED) is 0.419. The van der Waals surface area contributed by atoms with Gasteiger partial charge in [0.25, 0.3) is 0 Å². The highest BCUT2D eigenvalue weighted by molar-refractivity contribution is 6.60. The number of halogens is 3. The van der Waals surface area contributed by atoms with Gasteiger partial charge in [-0.2, -0.15) is 13.2 Å². The maximum atomic E-state index is 12.6. The Bertz CT molecular complexity index is 360. The lowest BCUT2D eigenvalue weighted by atomic mass is 10.3. The Kier molecular flexibility index (Phi) is 6.42. The number of nitrogens with zero attached hydrogens (tertiary/aromatic N) is 1. The maximum Gasteiger partial charge on any atom is 0.501 e. The Morgan fingerprint density at radius 2 is 1.95 bits per heavy atom. The largest absolute Gasteiger partial charge is 0.501 e. The normalized spacial score (nSPS) is 33.0. The van der Waals surface area contributed by atoms with E-state index in [1.54, 1.807) is 6.08 Å². The zero-order valence-electron chi connectivity index (χ0n) is 12.4. The first-order valence-electron chi connectivity index (χ1n) is 7.36. The molecule has 3 fully saturated rings. The van der Waals surface area contributed by atoms with E-state index in [9.17, 15) is 13.2 Å². The van der Waals surface area contributed by atoms with Crippen molar-refractivity contribution >= 4 is 8.80 Å². The summed E-state index contributed by atoms with van der Waals surface area (Å²) in [4.78, 5) is 2.11. The van der Waals surface area contributed by atoms with E-state index >= 15 is 0 Å². The predicted molar refractivity (Wildman–Crippen MR) is 75.5 cm³/mol. The Labute approximate surface area is 129 Å². The van der Waals surface area contributed by atoms with Crippen molar-refractivity contribution < 1.29 is 31.2 Å². The van der Waals surface area contributed by atoms with Crippen molar-refractivity contribution in [1.82, 2.24) is 4.90 Å². The van der Waals surface area contributed by atoms with Crippen molar-refractivity contribution in [2.45, 2.75) is 24.7 Å². The second kappa shape index (κ2) is 7.89. The van der Waals surface area contributed by atoms with E-state index in [1.165, 1.54) is 0 Å². The second-order valence-electron chi connectivity index (χ2n) is 5.36. The van der Waals surface area contributed by atoms with Crippen LogP contribution in [0.5, 0.6) is 0 Å². The van der Waals surface area contributed by atoms with E-state index in [4.69, 9.17) is 18.0 Å². The van der Waals surface area contributed by atoms with Crippen LogP contribution in [0.25, 0.3) is 0 Å². The zero-order valence-corrected chi connectivity index (χ0v) is 13.4. The molecule has 0 N–H and O–H groups in total. The number of hydrogen-bond donors (Lipinski definition) is 0. The van der Waals surface area contributed by atoms with E-state index in [2.05, 4.69) is 11.5 Å². The van der Waals surface area contributed by atoms with E-state index in [0.29, 0.717) is 39.5 Å². The minimum atomic E-state index is -4.25. The van der Waals surface area contributed by atoms with Crippen molar-refractivity contribution in [1.29, 1.82) is 0 Å². The molecule has 0 amide bonds. The third kappa shape index (κ3) is 5.63. The van der Waals surface area contributed by atoms with Crippen LogP contribution >= 0.6 is 0 Å². The maximum absolute atomic E-state index is 12.6. The second-order valence-corrected chi connectivity index (χ2v) is 8.04. The van der Waals surface area contributed by atoms with E-state index < -0.39 is 21.4 Å². The highest BCUT2D eigenvalue weighted by Crippen LogP contribution is 2.30. The topological polar surface area (TPSA) is 40.2 Å². The molecule has 3 saturated heterocycles. The highest BCUT2D eigenvalue weighted by atomic mass is 28.4. The van der Waals surface area contributed by atoms with Crippen LogP contribution in [0.2, 0.25) is 6.04 Å². The van der Waals surface area contributed by atoms with Crippen LogP contribution < -0.4 is 0 Å². The summed E-state index contributed by atoms with van der Waals surface area (Å²) in [5, 5.41) is 0. The van der Waals surface area contributed by atoms with Crippen LogP contribution in [0.15, 0.2) is 12.7 Å². The van der Waals surface area contributed by atoms with Gasteiger partial charge < -0.3 is 18.0 Å². The third-order valence-corrected chi connectivity index (χ3v) is 6.36. The average molecular weight is 341 g/mol. The fourth-order valence-electron chi connectivity index (χ4n) is 2.51. The van der Waals surface area contributed by atoms with Crippen molar-refractivity contribution in [3.63, 3.8) is 0 Å². The minimum absolute atomic E-state index is 0.242. The van der Waals surface area contributed by atoms with Gasteiger partial charge in [0.15, 0.2) is 0 Å². The minimum Gasteiger partial charge on any atom is -0.375 e. The standard InChI is InChI=1S/C13H22F3NO4Si/c1-2-6-18-11-12-10-17-4-7-19-22(21-12,20-8-5-17)9-3-13(14,15)16/h2,12H,1,3-11H2. The Morgan fingerprint density at radius 1 is 1.27 bits per heavy atom. The Balaban J connectivity index is 2.03. The van der Waals surface area contributed by atoms with Gasteiger partial charge in [0, 0.05) is 32.1 Å². The van der Waals surface area contributed by atoms with Gasteiger partial charge in [0.2, 0.25) is 0 Å². The van der Waals surface area contributed by atoms with Crippen molar-refractivity contribution in [2.75, 3.05) is 46.1 Å². The first-order chi connectivity index (χ1) is 10.4. The summed E-state index contributed by atoms with van der Waals surface area (Å²) in [5.74, 6) is 0. The van der Waals surface area contributed by atoms with Crippen LogP contribution in [0.4, 0.5) is 13.2 Å². The molecule has 1 atom stereocenters. The lowest BCUT2D eigenvalue weighted by Gasteiger charge is -2.41. The van der Waals surface area contributed by atoms with Gasteiger partial charge in [-0.1, -0.05) is 6.08 Å².